The third-order valence-electron chi connectivity index (χ3n) is 3.83. The van der Waals surface area contributed by atoms with Gasteiger partial charge < -0.3 is 14.6 Å². The van der Waals surface area contributed by atoms with Gasteiger partial charge in [-0.15, -0.1) is 0 Å². The van der Waals surface area contributed by atoms with Crippen LogP contribution >= 0.6 is 12.2 Å². The van der Waals surface area contributed by atoms with Crippen LogP contribution in [0.3, 0.4) is 0 Å². The minimum Gasteiger partial charge on any atom is -0.497 e. The second-order valence-corrected chi connectivity index (χ2v) is 6.03. The number of para-hydroxylation sites is 1. The molecule has 1 aromatic heterocycles. The number of nitrogens with one attached hydrogen (secondary N) is 2. The van der Waals surface area contributed by atoms with Crippen LogP contribution < -0.4 is 15.5 Å². The Hall–Kier alpha value is -3.12. The maximum absolute atomic E-state index is 5.25. The molecule has 0 spiro atoms. The van der Waals surface area contributed by atoms with E-state index < -0.39 is 0 Å². The van der Waals surface area contributed by atoms with Gasteiger partial charge >= 0.3 is 0 Å². The van der Waals surface area contributed by atoms with Gasteiger partial charge in [0.05, 0.1) is 19.0 Å². The van der Waals surface area contributed by atoms with Gasteiger partial charge in [0.1, 0.15) is 5.75 Å². The number of aromatic nitrogens is 1. The van der Waals surface area contributed by atoms with Crippen molar-refractivity contribution in [3.63, 3.8) is 0 Å². The van der Waals surface area contributed by atoms with Crippen molar-refractivity contribution in [3.8, 4) is 11.4 Å². The fourth-order valence-corrected chi connectivity index (χ4v) is 2.75. The Kier molecular flexibility index (Phi) is 5.66. The summed E-state index contributed by atoms with van der Waals surface area (Å²) in [4.78, 5) is 0. The highest BCUT2D eigenvalue weighted by atomic mass is 32.1. The molecule has 2 aromatic carbocycles. The SMILES string of the molecule is COc1ccc(-n2c(C)ccc2/C=N\NC(=S)Nc2ccccc2)cc1. The van der Waals surface area contributed by atoms with Crippen LogP contribution in [0.2, 0.25) is 0 Å². The zero-order valence-corrected chi connectivity index (χ0v) is 15.5. The van der Waals surface area contributed by atoms with Crippen LogP contribution in [0.25, 0.3) is 5.69 Å². The van der Waals surface area contributed by atoms with Crippen molar-refractivity contribution in [2.24, 2.45) is 5.10 Å². The Morgan fingerprint density at radius 2 is 1.77 bits per heavy atom. The first-order valence-corrected chi connectivity index (χ1v) is 8.56. The number of hydrazone groups is 1. The predicted octanol–water partition coefficient (Wildman–Crippen LogP) is 4.11. The van der Waals surface area contributed by atoms with E-state index in [-0.39, 0.29) is 0 Å². The standard InChI is InChI=1S/C20H20N4OS/c1-15-8-9-18(24(15)17-10-12-19(25-2)13-11-17)14-21-23-20(26)22-16-6-4-3-5-7-16/h3-14H,1-2H3,(H2,22,23,26)/b21-14-. The Morgan fingerprint density at radius 1 is 1.04 bits per heavy atom. The molecule has 26 heavy (non-hydrogen) atoms. The van der Waals surface area contributed by atoms with Crippen LogP contribution in [0.4, 0.5) is 5.69 Å². The molecule has 0 aliphatic rings. The molecular weight excluding hydrogens is 344 g/mol. The van der Waals surface area contributed by atoms with E-state index in [2.05, 4.69) is 27.3 Å². The molecule has 3 rings (SSSR count). The average molecular weight is 364 g/mol. The summed E-state index contributed by atoms with van der Waals surface area (Å²) in [6.07, 6.45) is 1.75. The second-order valence-electron chi connectivity index (χ2n) is 5.62. The van der Waals surface area contributed by atoms with Crippen LogP contribution in [0.15, 0.2) is 71.8 Å². The zero-order chi connectivity index (χ0) is 18.4. The molecule has 0 saturated heterocycles. The molecular formula is C20H20N4OS. The highest BCUT2D eigenvalue weighted by Gasteiger charge is 2.06. The molecule has 132 valence electrons. The summed E-state index contributed by atoms with van der Waals surface area (Å²) in [7, 11) is 1.66. The molecule has 0 fully saturated rings. The summed E-state index contributed by atoms with van der Waals surface area (Å²) in [6.45, 7) is 2.05. The molecule has 0 aliphatic carbocycles. The molecule has 0 atom stereocenters. The summed E-state index contributed by atoms with van der Waals surface area (Å²) in [5.74, 6) is 0.827. The van der Waals surface area contributed by atoms with Crippen molar-refractivity contribution >= 4 is 29.2 Å². The van der Waals surface area contributed by atoms with E-state index in [1.165, 1.54) is 0 Å². The fraction of sp³-hybridized carbons (Fsp3) is 0.100. The van der Waals surface area contributed by atoms with Crippen molar-refractivity contribution in [2.45, 2.75) is 6.92 Å². The molecule has 1 heterocycles. The van der Waals surface area contributed by atoms with E-state index in [9.17, 15) is 0 Å². The predicted molar refractivity (Wildman–Crippen MR) is 110 cm³/mol. The van der Waals surface area contributed by atoms with Gasteiger partial charge in [0, 0.05) is 17.1 Å². The number of ether oxygens (including phenoxy) is 1. The minimum atomic E-state index is 0.437. The average Bonchev–Trinajstić information content (AvgIpc) is 3.03. The summed E-state index contributed by atoms with van der Waals surface area (Å²) >= 11 is 5.25. The summed E-state index contributed by atoms with van der Waals surface area (Å²) in [5, 5.41) is 7.76. The molecule has 0 saturated carbocycles. The third kappa shape index (κ3) is 4.29. The normalized spacial score (nSPS) is 10.7. The number of methoxy groups -OCH3 is 1. The lowest BCUT2D eigenvalue weighted by Gasteiger charge is -2.10. The maximum Gasteiger partial charge on any atom is 0.191 e. The Bertz CT molecular complexity index is 901. The molecule has 6 heteroatoms. The van der Waals surface area contributed by atoms with Crippen molar-refractivity contribution < 1.29 is 4.74 Å². The Labute approximate surface area is 158 Å². The lowest BCUT2D eigenvalue weighted by atomic mass is 10.3. The molecule has 5 nitrogen and oxygen atoms in total. The first-order chi connectivity index (χ1) is 12.7. The van der Waals surface area contributed by atoms with Crippen molar-refractivity contribution in [2.75, 3.05) is 12.4 Å². The zero-order valence-electron chi connectivity index (χ0n) is 14.6. The van der Waals surface area contributed by atoms with E-state index in [4.69, 9.17) is 17.0 Å². The highest BCUT2D eigenvalue weighted by Crippen LogP contribution is 2.19. The molecule has 0 bridgehead atoms. The van der Waals surface area contributed by atoms with Gasteiger partial charge in [0.25, 0.3) is 0 Å². The number of hydrogen-bond acceptors (Lipinski definition) is 3. The molecule has 0 amide bonds. The van der Waals surface area contributed by atoms with Gasteiger partial charge in [-0.05, 0) is 67.7 Å². The van der Waals surface area contributed by atoms with E-state index in [1.807, 2.05) is 66.7 Å². The molecule has 0 aliphatic heterocycles. The topological polar surface area (TPSA) is 50.6 Å². The number of nitrogens with zero attached hydrogens (tertiary/aromatic N) is 2. The highest BCUT2D eigenvalue weighted by molar-refractivity contribution is 7.80. The first kappa shape index (κ1) is 17.7. The van der Waals surface area contributed by atoms with E-state index >= 15 is 0 Å². The van der Waals surface area contributed by atoms with Gasteiger partial charge in [-0.3, -0.25) is 5.43 Å². The van der Waals surface area contributed by atoms with Gasteiger partial charge in [0.2, 0.25) is 0 Å². The fourth-order valence-electron chi connectivity index (χ4n) is 2.58. The van der Waals surface area contributed by atoms with E-state index in [1.54, 1.807) is 13.3 Å². The quantitative estimate of drug-likeness (QED) is 0.406. The van der Waals surface area contributed by atoms with Crippen molar-refractivity contribution in [3.05, 3.63) is 78.1 Å². The maximum atomic E-state index is 5.25. The second kappa shape index (κ2) is 8.31. The van der Waals surface area contributed by atoms with Crippen LogP contribution in [0.5, 0.6) is 5.75 Å². The summed E-state index contributed by atoms with van der Waals surface area (Å²) in [6, 6.07) is 21.7. The Balaban J connectivity index is 1.70. The van der Waals surface area contributed by atoms with Crippen LogP contribution in [0, 0.1) is 6.92 Å². The summed E-state index contributed by atoms with van der Waals surface area (Å²) < 4.78 is 7.33. The monoisotopic (exact) mass is 364 g/mol. The smallest absolute Gasteiger partial charge is 0.191 e. The Morgan fingerprint density at radius 3 is 2.46 bits per heavy atom. The van der Waals surface area contributed by atoms with Crippen LogP contribution in [-0.2, 0) is 0 Å². The largest absolute Gasteiger partial charge is 0.497 e. The minimum absolute atomic E-state index is 0.437. The van der Waals surface area contributed by atoms with E-state index in [0.29, 0.717) is 5.11 Å². The number of thiocarbonyl (C=S) groups is 1. The number of anilines is 1. The molecule has 0 unspecified atom stereocenters. The number of aryl methyl sites for hydroxylation is 1. The third-order valence-corrected chi connectivity index (χ3v) is 4.02. The lowest BCUT2D eigenvalue weighted by molar-refractivity contribution is 0.414. The lowest BCUT2D eigenvalue weighted by Crippen LogP contribution is -2.23. The number of benzene rings is 2. The molecule has 3 aromatic rings. The van der Waals surface area contributed by atoms with Crippen LogP contribution in [0.1, 0.15) is 11.4 Å². The molecule has 0 radical (unpaired) electrons. The summed E-state index contributed by atoms with van der Waals surface area (Å²) in [5.41, 5.74) is 6.86. The van der Waals surface area contributed by atoms with E-state index in [0.717, 1.165) is 28.5 Å². The number of rotatable bonds is 5. The van der Waals surface area contributed by atoms with Gasteiger partial charge in [-0.25, -0.2) is 0 Å². The van der Waals surface area contributed by atoms with Gasteiger partial charge in [-0.2, -0.15) is 5.10 Å². The van der Waals surface area contributed by atoms with Gasteiger partial charge in [-0.1, -0.05) is 18.2 Å². The van der Waals surface area contributed by atoms with Crippen molar-refractivity contribution in [1.29, 1.82) is 0 Å². The van der Waals surface area contributed by atoms with Gasteiger partial charge in [0.15, 0.2) is 5.11 Å². The van der Waals surface area contributed by atoms with Crippen molar-refractivity contribution in [1.82, 2.24) is 9.99 Å². The molecule has 2 N–H and O–H groups in total. The number of hydrogen-bond donors (Lipinski definition) is 2. The van der Waals surface area contributed by atoms with Crippen LogP contribution in [-0.4, -0.2) is 23.0 Å². The first-order valence-electron chi connectivity index (χ1n) is 8.15.